The summed E-state index contributed by atoms with van der Waals surface area (Å²) in [6, 6.07) is 5.50. The van der Waals surface area contributed by atoms with E-state index in [0.717, 1.165) is 17.0 Å². The van der Waals surface area contributed by atoms with E-state index in [1.54, 1.807) is 6.20 Å². The summed E-state index contributed by atoms with van der Waals surface area (Å²) < 4.78 is 0. The lowest BCUT2D eigenvalue weighted by Crippen LogP contribution is -2.18. The molecule has 2 N–H and O–H groups in total. The number of rotatable bonds is 5. The molecule has 6 heteroatoms. The highest BCUT2D eigenvalue weighted by atomic mass is 16.2. The Morgan fingerprint density at radius 1 is 1.45 bits per heavy atom. The molecular formula is C14H17N5O. The zero-order valence-corrected chi connectivity index (χ0v) is 11.6. The number of hydrogen-bond acceptors (Lipinski definition) is 4. The van der Waals surface area contributed by atoms with Crippen LogP contribution in [0.4, 0.5) is 0 Å². The topological polar surface area (TPSA) is 83.0 Å². The number of aromatic amines is 1. The fourth-order valence-corrected chi connectivity index (χ4v) is 1.86. The molecule has 2 aromatic rings. The summed E-state index contributed by atoms with van der Waals surface area (Å²) in [6.45, 7) is 3.88. The summed E-state index contributed by atoms with van der Waals surface area (Å²) in [5.74, 6) is -0.128. The van der Waals surface area contributed by atoms with Gasteiger partial charge in [-0.3, -0.25) is 14.9 Å². The molecule has 20 heavy (non-hydrogen) atoms. The van der Waals surface area contributed by atoms with Gasteiger partial charge < -0.3 is 0 Å². The van der Waals surface area contributed by atoms with Gasteiger partial charge in [-0.25, -0.2) is 5.43 Å². The van der Waals surface area contributed by atoms with E-state index in [9.17, 15) is 4.79 Å². The maximum Gasteiger partial charge on any atom is 0.240 e. The molecule has 0 saturated heterocycles. The number of carbonyl (C=O) groups excluding carboxylic acids is 1. The van der Waals surface area contributed by atoms with Crippen LogP contribution in [0.5, 0.6) is 0 Å². The van der Waals surface area contributed by atoms with E-state index >= 15 is 0 Å². The Morgan fingerprint density at radius 3 is 2.95 bits per heavy atom. The fourth-order valence-electron chi connectivity index (χ4n) is 1.86. The Bertz CT molecular complexity index is 584. The van der Waals surface area contributed by atoms with E-state index in [-0.39, 0.29) is 5.91 Å². The largest absolute Gasteiger partial charge is 0.282 e. The second-order valence-corrected chi connectivity index (χ2v) is 4.46. The molecule has 2 rings (SSSR count). The van der Waals surface area contributed by atoms with Crippen LogP contribution < -0.4 is 5.43 Å². The number of H-pyrrole nitrogens is 1. The highest BCUT2D eigenvalue weighted by Gasteiger charge is 2.08. The number of aryl methyl sites for hydroxylation is 2. The van der Waals surface area contributed by atoms with E-state index in [1.807, 2.05) is 32.0 Å². The third-order valence-electron chi connectivity index (χ3n) is 2.96. The van der Waals surface area contributed by atoms with Crippen LogP contribution in [-0.2, 0) is 11.2 Å². The minimum absolute atomic E-state index is 0.128. The molecule has 0 atom stereocenters. The van der Waals surface area contributed by atoms with Crippen molar-refractivity contribution in [1.29, 1.82) is 0 Å². The Balaban J connectivity index is 1.80. The number of aromatic nitrogens is 3. The zero-order chi connectivity index (χ0) is 14.4. The number of pyridine rings is 1. The molecule has 2 aromatic heterocycles. The summed E-state index contributed by atoms with van der Waals surface area (Å²) in [6.07, 6.45) is 4.22. The van der Waals surface area contributed by atoms with Crippen LogP contribution in [0.15, 0.2) is 29.5 Å². The number of hydrogen-bond donors (Lipinski definition) is 2. The first-order valence-corrected chi connectivity index (χ1v) is 6.40. The Morgan fingerprint density at radius 2 is 2.30 bits per heavy atom. The highest BCUT2D eigenvalue weighted by molar-refractivity contribution is 5.80. The van der Waals surface area contributed by atoms with Crippen LogP contribution in [-0.4, -0.2) is 27.3 Å². The van der Waals surface area contributed by atoms with E-state index in [4.69, 9.17) is 0 Å². The van der Waals surface area contributed by atoms with Gasteiger partial charge in [0.05, 0.1) is 17.6 Å². The van der Waals surface area contributed by atoms with Crippen LogP contribution in [0.3, 0.4) is 0 Å². The molecule has 104 valence electrons. The van der Waals surface area contributed by atoms with Gasteiger partial charge in [0.2, 0.25) is 5.91 Å². The first-order chi connectivity index (χ1) is 9.66. The second kappa shape index (κ2) is 6.60. The summed E-state index contributed by atoms with van der Waals surface area (Å²) in [5.41, 5.74) is 6.23. The SMILES string of the molecule is Cc1n[nH]c(C)c1CCC(=O)N/N=C/c1ccccn1. The zero-order valence-electron chi connectivity index (χ0n) is 11.6. The number of nitrogens with one attached hydrogen (secondary N) is 2. The molecule has 0 bridgehead atoms. The van der Waals surface area contributed by atoms with E-state index in [0.29, 0.717) is 18.5 Å². The molecule has 0 aliphatic rings. The van der Waals surface area contributed by atoms with Crippen molar-refractivity contribution in [3.63, 3.8) is 0 Å². The Labute approximate surface area is 117 Å². The first kappa shape index (κ1) is 13.9. The van der Waals surface area contributed by atoms with Gasteiger partial charge in [0.25, 0.3) is 0 Å². The van der Waals surface area contributed by atoms with Crippen molar-refractivity contribution in [2.75, 3.05) is 0 Å². The third kappa shape index (κ3) is 3.74. The molecule has 0 radical (unpaired) electrons. The molecule has 1 amide bonds. The minimum Gasteiger partial charge on any atom is -0.282 e. The molecular weight excluding hydrogens is 254 g/mol. The molecule has 0 aliphatic heterocycles. The van der Waals surface area contributed by atoms with Gasteiger partial charge in [0, 0.05) is 18.3 Å². The number of hydrazone groups is 1. The van der Waals surface area contributed by atoms with Crippen molar-refractivity contribution in [2.45, 2.75) is 26.7 Å². The molecule has 0 aliphatic carbocycles. The summed E-state index contributed by atoms with van der Waals surface area (Å²) >= 11 is 0. The van der Waals surface area contributed by atoms with E-state index in [2.05, 4.69) is 25.7 Å². The fraction of sp³-hybridized carbons (Fsp3) is 0.286. The Kier molecular flexibility index (Phi) is 4.60. The average molecular weight is 271 g/mol. The Hall–Kier alpha value is -2.50. The van der Waals surface area contributed by atoms with Gasteiger partial charge in [-0.1, -0.05) is 6.07 Å². The standard InChI is InChI=1S/C14H17N5O/c1-10-13(11(2)18-17-10)6-7-14(20)19-16-9-12-5-3-4-8-15-12/h3-5,8-9H,6-7H2,1-2H3,(H,17,18)(H,19,20)/b16-9+. The van der Waals surface area contributed by atoms with Crippen molar-refractivity contribution >= 4 is 12.1 Å². The number of amides is 1. The van der Waals surface area contributed by atoms with Crippen molar-refractivity contribution < 1.29 is 4.79 Å². The van der Waals surface area contributed by atoms with Crippen LogP contribution in [0, 0.1) is 13.8 Å². The molecule has 0 spiro atoms. The van der Waals surface area contributed by atoms with Gasteiger partial charge in [0.1, 0.15) is 0 Å². The van der Waals surface area contributed by atoms with Crippen molar-refractivity contribution in [3.8, 4) is 0 Å². The predicted molar refractivity (Wildman–Crippen MR) is 76.4 cm³/mol. The molecule has 0 saturated carbocycles. The summed E-state index contributed by atoms with van der Waals surface area (Å²) in [5, 5.41) is 10.9. The van der Waals surface area contributed by atoms with E-state index in [1.165, 1.54) is 6.21 Å². The average Bonchev–Trinajstić information content (AvgIpc) is 2.77. The lowest BCUT2D eigenvalue weighted by atomic mass is 10.1. The van der Waals surface area contributed by atoms with Crippen LogP contribution in [0.1, 0.15) is 29.1 Å². The number of nitrogens with zero attached hydrogens (tertiary/aromatic N) is 3. The van der Waals surface area contributed by atoms with Crippen molar-refractivity contribution in [3.05, 3.63) is 47.0 Å². The van der Waals surface area contributed by atoms with Gasteiger partial charge >= 0.3 is 0 Å². The lowest BCUT2D eigenvalue weighted by molar-refractivity contribution is -0.121. The number of carbonyl (C=O) groups is 1. The van der Waals surface area contributed by atoms with Crippen LogP contribution in [0.2, 0.25) is 0 Å². The molecule has 0 aromatic carbocycles. The smallest absolute Gasteiger partial charge is 0.240 e. The summed E-state index contributed by atoms with van der Waals surface area (Å²) in [4.78, 5) is 15.7. The summed E-state index contributed by atoms with van der Waals surface area (Å²) in [7, 11) is 0. The molecule has 0 fully saturated rings. The second-order valence-electron chi connectivity index (χ2n) is 4.46. The predicted octanol–water partition coefficient (Wildman–Crippen LogP) is 1.50. The van der Waals surface area contributed by atoms with Gasteiger partial charge in [-0.2, -0.15) is 10.2 Å². The van der Waals surface area contributed by atoms with Gasteiger partial charge in [-0.15, -0.1) is 0 Å². The van der Waals surface area contributed by atoms with Crippen molar-refractivity contribution in [1.82, 2.24) is 20.6 Å². The molecule has 0 unspecified atom stereocenters. The van der Waals surface area contributed by atoms with Crippen LogP contribution >= 0.6 is 0 Å². The van der Waals surface area contributed by atoms with Gasteiger partial charge in [-0.05, 0) is 38.0 Å². The molecule has 6 nitrogen and oxygen atoms in total. The van der Waals surface area contributed by atoms with Crippen LogP contribution in [0.25, 0.3) is 0 Å². The maximum atomic E-state index is 11.7. The minimum atomic E-state index is -0.128. The normalized spacial score (nSPS) is 10.9. The first-order valence-electron chi connectivity index (χ1n) is 6.40. The third-order valence-corrected chi connectivity index (χ3v) is 2.96. The monoisotopic (exact) mass is 271 g/mol. The molecule has 2 heterocycles. The quantitative estimate of drug-likeness (QED) is 0.638. The van der Waals surface area contributed by atoms with Gasteiger partial charge in [0.15, 0.2) is 0 Å². The van der Waals surface area contributed by atoms with E-state index < -0.39 is 0 Å². The highest BCUT2D eigenvalue weighted by Crippen LogP contribution is 2.11. The maximum absolute atomic E-state index is 11.7. The lowest BCUT2D eigenvalue weighted by Gasteiger charge is -2.01. The van der Waals surface area contributed by atoms with Crippen molar-refractivity contribution in [2.24, 2.45) is 5.10 Å².